The predicted molar refractivity (Wildman–Crippen MR) is 95.6 cm³/mol. The Morgan fingerprint density at radius 2 is 2.12 bits per heavy atom. The van der Waals surface area contributed by atoms with Gasteiger partial charge in [0.25, 0.3) is 11.1 Å². The van der Waals surface area contributed by atoms with Crippen molar-refractivity contribution in [1.82, 2.24) is 15.1 Å². The van der Waals surface area contributed by atoms with Crippen LogP contribution in [-0.4, -0.2) is 45.8 Å². The van der Waals surface area contributed by atoms with Gasteiger partial charge in [0, 0.05) is 0 Å². The summed E-state index contributed by atoms with van der Waals surface area (Å²) in [6, 6.07) is 1.58. The average molecular weight is 381 g/mol. The second-order valence-electron chi connectivity index (χ2n) is 5.66. The van der Waals surface area contributed by atoms with Crippen LogP contribution in [0.1, 0.15) is 35.5 Å². The van der Waals surface area contributed by atoms with E-state index < -0.39 is 5.91 Å². The van der Waals surface area contributed by atoms with Crippen molar-refractivity contribution in [3.05, 3.63) is 22.9 Å². The zero-order valence-corrected chi connectivity index (χ0v) is 15.2. The van der Waals surface area contributed by atoms with Crippen LogP contribution >= 0.6 is 23.1 Å². The number of primary amides is 1. The van der Waals surface area contributed by atoms with Crippen LogP contribution in [0, 0.1) is 0 Å². The van der Waals surface area contributed by atoms with Gasteiger partial charge in [-0.25, -0.2) is 0 Å². The molecule has 2 amide bonds. The van der Waals surface area contributed by atoms with E-state index >= 15 is 0 Å². The van der Waals surface area contributed by atoms with E-state index in [2.05, 4.69) is 20.4 Å². The van der Waals surface area contributed by atoms with Gasteiger partial charge >= 0.3 is 0 Å². The molecule has 3 heterocycles. The molecule has 0 radical (unpaired) electrons. The third-order valence-electron chi connectivity index (χ3n) is 3.77. The number of thioether (sulfide) groups is 1. The van der Waals surface area contributed by atoms with Crippen molar-refractivity contribution >= 4 is 39.9 Å². The zero-order chi connectivity index (χ0) is 17.6. The van der Waals surface area contributed by atoms with Crippen LogP contribution in [0.2, 0.25) is 0 Å². The number of carbonyl (C=O) groups is 2. The van der Waals surface area contributed by atoms with Crippen molar-refractivity contribution in [1.29, 1.82) is 0 Å². The minimum Gasteiger partial charge on any atom is -0.415 e. The number of anilines is 1. The molecule has 1 saturated heterocycles. The number of hydrogen-bond acceptors (Lipinski definition) is 8. The molecule has 2 aromatic heterocycles. The number of carbonyl (C=O) groups excluding carboxylic acids is 2. The first kappa shape index (κ1) is 17.9. The molecule has 8 nitrogen and oxygen atoms in total. The number of amides is 2. The Kier molecular flexibility index (Phi) is 6.05. The summed E-state index contributed by atoms with van der Waals surface area (Å²) in [5.41, 5.74) is 5.56. The zero-order valence-electron chi connectivity index (χ0n) is 13.6. The molecule has 10 heteroatoms. The topological polar surface area (TPSA) is 114 Å². The van der Waals surface area contributed by atoms with Gasteiger partial charge in [-0.1, -0.05) is 18.2 Å². The summed E-state index contributed by atoms with van der Waals surface area (Å²) in [6.45, 7) is 2.75. The summed E-state index contributed by atoms with van der Waals surface area (Å²) in [6.07, 6.45) is 3.68. The highest BCUT2D eigenvalue weighted by Gasteiger charge is 2.16. The fraction of sp³-hybridized carbons (Fsp3) is 0.467. The van der Waals surface area contributed by atoms with E-state index in [4.69, 9.17) is 10.2 Å². The second kappa shape index (κ2) is 8.45. The molecule has 0 atom stereocenters. The lowest BCUT2D eigenvalue weighted by atomic mass is 10.1. The highest BCUT2D eigenvalue weighted by atomic mass is 32.2. The number of likely N-dealkylation sites (tertiary alicyclic amines) is 1. The van der Waals surface area contributed by atoms with E-state index in [-0.39, 0.29) is 11.7 Å². The van der Waals surface area contributed by atoms with Gasteiger partial charge in [0.1, 0.15) is 5.00 Å². The van der Waals surface area contributed by atoms with Gasteiger partial charge in [-0.3, -0.25) is 14.5 Å². The van der Waals surface area contributed by atoms with E-state index in [0.29, 0.717) is 28.2 Å². The summed E-state index contributed by atoms with van der Waals surface area (Å²) in [7, 11) is 0. The van der Waals surface area contributed by atoms with Gasteiger partial charge in [0.15, 0.2) is 0 Å². The van der Waals surface area contributed by atoms with Crippen molar-refractivity contribution in [2.45, 2.75) is 31.0 Å². The smallest absolute Gasteiger partial charge is 0.277 e. The quantitative estimate of drug-likeness (QED) is 0.704. The van der Waals surface area contributed by atoms with Crippen LogP contribution in [0.4, 0.5) is 5.00 Å². The molecule has 0 spiro atoms. The molecular formula is C15H19N5O3S2. The molecule has 1 aliphatic heterocycles. The molecule has 3 rings (SSSR count). The van der Waals surface area contributed by atoms with Crippen LogP contribution < -0.4 is 11.1 Å². The summed E-state index contributed by atoms with van der Waals surface area (Å²) < 4.78 is 5.58. The standard InChI is InChI=1S/C15H19N5O3S2/c16-13(22)10-4-7-24-14(10)17-11(21)9-25-15-19-18-12(23-15)8-20-5-2-1-3-6-20/h4,7H,1-3,5-6,8-9H2,(H2,16,22)(H,17,21). The lowest BCUT2D eigenvalue weighted by Gasteiger charge is -2.24. The molecule has 3 N–H and O–H groups in total. The molecule has 2 aromatic rings. The van der Waals surface area contributed by atoms with Gasteiger partial charge in [-0.05, 0) is 37.4 Å². The SMILES string of the molecule is NC(=O)c1ccsc1NC(=O)CSc1nnc(CN2CCCCC2)o1. The largest absolute Gasteiger partial charge is 0.415 e. The van der Waals surface area contributed by atoms with Crippen molar-refractivity contribution < 1.29 is 14.0 Å². The number of thiophene rings is 1. The van der Waals surface area contributed by atoms with Crippen molar-refractivity contribution in [3.63, 3.8) is 0 Å². The van der Waals surface area contributed by atoms with E-state index in [9.17, 15) is 9.59 Å². The fourth-order valence-corrected chi connectivity index (χ4v) is 3.95. The Morgan fingerprint density at radius 1 is 1.32 bits per heavy atom. The molecular weight excluding hydrogens is 362 g/mol. The van der Waals surface area contributed by atoms with Gasteiger partial charge in [-0.2, -0.15) is 0 Å². The van der Waals surface area contributed by atoms with Crippen LogP contribution in [-0.2, 0) is 11.3 Å². The number of aromatic nitrogens is 2. The Morgan fingerprint density at radius 3 is 2.88 bits per heavy atom. The highest BCUT2D eigenvalue weighted by Crippen LogP contribution is 2.24. The van der Waals surface area contributed by atoms with Crippen LogP contribution in [0.15, 0.2) is 21.1 Å². The molecule has 0 saturated carbocycles. The second-order valence-corrected chi connectivity index (χ2v) is 7.51. The number of hydrogen-bond donors (Lipinski definition) is 2. The summed E-state index contributed by atoms with van der Waals surface area (Å²) in [5.74, 6) is -0.144. The van der Waals surface area contributed by atoms with E-state index in [1.807, 2.05) is 0 Å². The third kappa shape index (κ3) is 5.03. The van der Waals surface area contributed by atoms with Crippen LogP contribution in [0.5, 0.6) is 0 Å². The monoisotopic (exact) mass is 381 g/mol. The Balaban J connectivity index is 1.47. The number of nitrogens with zero attached hydrogens (tertiary/aromatic N) is 3. The first-order valence-corrected chi connectivity index (χ1v) is 9.83. The first-order chi connectivity index (χ1) is 12.1. The number of rotatable bonds is 7. The maximum absolute atomic E-state index is 12.0. The number of piperidine rings is 1. The Bertz CT molecular complexity index is 739. The normalized spacial score (nSPS) is 15.2. The summed E-state index contributed by atoms with van der Waals surface area (Å²) in [5, 5.41) is 13.2. The minimum atomic E-state index is -0.566. The molecule has 134 valence electrons. The van der Waals surface area contributed by atoms with Crippen molar-refractivity contribution in [2.75, 3.05) is 24.2 Å². The van der Waals surface area contributed by atoms with Crippen LogP contribution in [0.3, 0.4) is 0 Å². The third-order valence-corrected chi connectivity index (χ3v) is 5.41. The van der Waals surface area contributed by atoms with Gasteiger partial charge < -0.3 is 15.5 Å². The number of nitrogens with one attached hydrogen (secondary N) is 1. The summed E-state index contributed by atoms with van der Waals surface area (Å²) in [4.78, 5) is 25.5. The maximum atomic E-state index is 12.0. The molecule has 0 aliphatic carbocycles. The molecule has 1 fully saturated rings. The maximum Gasteiger partial charge on any atom is 0.277 e. The Hall–Kier alpha value is -1.91. The van der Waals surface area contributed by atoms with Gasteiger partial charge in [0.05, 0.1) is 17.9 Å². The van der Waals surface area contributed by atoms with Crippen molar-refractivity contribution in [3.8, 4) is 0 Å². The highest BCUT2D eigenvalue weighted by molar-refractivity contribution is 7.99. The first-order valence-electron chi connectivity index (χ1n) is 7.96. The van der Waals surface area contributed by atoms with E-state index in [1.54, 1.807) is 11.4 Å². The van der Waals surface area contributed by atoms with E-state index in [0.717, 1.165) is 13.1 Å². The molecule has 1 aliphatic rings. The molecule has 0 aromatic carbocycles. The molecule has 0 bridgehead atoms. The summed E-state index contributed by atoms with van der Waals surface area (Å²) >= 11 is 2.42. The Labute approximate surface area is 153 Å². The van der Waals surface area contributed by atoms with Crippen molar-refractivity contribution in [2.24, 2.45) is 5.73 Å². The fourth-order valence-electron chi connectivity index (χ4n) is 2.56. The molecule has 0 unspecified atom stereocenters. The molecule has 25 heavy (non-hydrogen) atoms. The van der Waals surface area contributed by atoms with Gasteiger partial charge in [-0.15, -0.1) is 21.5 Å². The van der Waals surface area contributed by atoms with E-state index in [1.165, 1.54) is 42.4 Å². The lowest BCUT2D eigenvalue weighted by molar-refractivity contribution is -0.113. The van der Waals surface area contributed by atoms with Gasteiger partial charge in [0.2, 0.25) is 11.8 Å². The lowest BCUT2D eigenvalue weighted by Crippen LogP contribution is -2.29. The minimum absolute atomic E-state index is 0.113. The van der Waals surface area contributed by atoms with Crippen LogP contribution in [0.25, 0.3) is 0 Å². The number of nitrogens with two attached hydrogens (primary N) is 1. The predicted octanol–water partition coefficient (Wildman–Crippen LogP) is 1.95. The average Bonchev–Trinajstić information content (AvgIpc) is 3.23.